The number of amides is 1. The van der Waals surface area contributed by atoms with E-state index in [2.05, 4.69) is 4.90 Å². The maximum Gasteiger partial charge on any atom is 0.219 e. The summed E-state index contributed by atoms with van der Waals surface area (Å²) >= 11 is 12.5. The minimum atomic E-state index is -0.0464. The van der Waals surface area contributed by atoms with Crippen LogP contribution in [0.3, 0.4) is 0 Å². The van der Waals surface area contributed by atoms with Gasteiger partial charge in [-0.1, -0.05) is 23.7 Å². The van der Waals surface area contributed by atoms with Gasteiger partial charge in [-0.25, -0.2) is 0 Å². The molecule has 1 heterocycles. The summed E-state index contributed by atoms with van der Waals surface area (Å²) in [7, 11) is 0. The Morgan fingerprint density at radius 2 is 1.95 bits per heavy atom. The van der Waals surface area contributed by atoms with E-state index in [0.717, 1.165) is 48.9 Å². The molecule has 0 aliphatic carbocycles. The van der Waals surface area contributed by atoms with E-state index in [1.54, 1.807) is 6.92 Å². The Kier molecular flexibility index (Phi) is 5.30. The van der Waals surface area contributed by atoms with Gasteiger partial charge in [-0.15, -0.1) is 11.6 Å². The summed E-state index contributed by atoms with van der Waals surface area (Å²) in [5, 5.41) is 0.725. The lowest BCUT2D eigenvalue weighted by atomic mass is 10.1. The molecule has 1 unspecified atom stereocenters. The van der Waals surface area contributed by atoms with E-state index in [0.29, 0.717) is 0 Å². The van der Waals surface area contributed by atoms with E-state index >= 15 is 0 Å². The zero-order chi connectivity index (χ0) is 14.7. The molecule has 2 rings (SSSR count). The van der Waals surface area contributed by atoms with Crippen LogP contribution in [0.1, 0.15) is 23.4 Å². The molecule has 0 radical (unpaired) electrons. The molecular weight excluding hydrogens is 295 g/mol. The molecule has 1 aliphatic heterocycles. The molecule has 3 nitrogen and oxygen atoms in total. The van der Waals surface area contributed by atoms with Gasteiger partial charge in [0.1, 0.15) is 0 Å². The van der Waals surface area contributed by atoms with Crippen molar-refractivity contribution >= 4 is 29.1 Å². The van der Waals surface area contributed by atoms with Crippen LogP contribution in [0, 0.1) is 6.92 Å². The van der Waals surface area contributed by atoms with E-state index in [1.807, 2.05) is 30.0 Å². The van der Waals surface area contributed by atoms with Gasteiger partial charge < -0.3 is 4.90 Å². The average molecular weight is 315 g/mol. The van der Waals surface area contributed by atoms with Gasteiger partial charge >= 0.3 is 0 Å². The molecule has 1 amide bonds. The van der Waals surface area contributed by atoms with Crippen LogP contribution in [0.15, 0.2) is 18.2 Å². The Labute approximate surface area is 130 Å². The predicted octanol–water partition coefficient (Wildman–Crippen LogP) is 3.09. The predicted molar refractivity (Wildman–Crippen MR) is 83.5 cm³/mol. The van der Waals surface area contributed by atoms with Crippen LogP contribution < -0.4 is 0 Å². The van der Waals surface area contributed by atoms with Gasteiger partial charge in [0.2, 0.25) is 5.91 Å². The van der Waals surface area contributed by atoms with Crippen molar-refractivity contribution in [2.24, 2.45) is 0 Å². The molecule has 1 aromatic rings. The fraction of sp³-hybridized carbons (Fsp3) is 0.533. The van der Waals surface area contributed by atoms with Gasteiger partial charge in [0, 0.05) is 44.7 Å². The molecule has 1 fully saturated rings. The van der Waals surface area contributed by atoms with Crippen molar-refractivity contribution in [3.8, 4) is 0 Å². The number of hydrogen-bond acceptors (Lipinski definition) is 2. The summed E-state index contributed by atoms with van der Waals surface area (Å²) in [5.41, 5.74) is 2.15. The molecule has 20 heavy (non-hydrogen) atoms. The van der Waals surface area contributed by atoms with Crippen LogP contribution >= 0.6 is 23.2 Å². The van der Waals surface area contributed by atoms with Gasteiger partial charge in [0.05, 0.1) is 5.38 Å². The van der Waals surface area contributed by atoms with Gasteiger partial charge in [-0.2, -0.15) is 0 Å². The fourth-order valence-electron chi connectivity index (χ4n) is 2.44. The molecule has 0 bridgehead atoms. The monoisotopic (exact) mass is 314 g/mol. The number of rotatable bonds is 3. The molecule has 1 atom stereocenters. The van der Waals surface area contributed by atoms with Crippen LogP contribution in [0.4, 0.5) is 0 Å². The molecule has 0 spiro atoms. The lowest BCUT2D eigenvalue weighted by Crippen LogP contribution is -2.48. The number of hydrogen-bond donors (Lipinski definition) is 0. The summed E-state index contributed by atoms with van der Waals surface area (Å²) in [6.07, 6.45) is 0. The third-order valence-electron chi connectivity index (χ3n) is 3.78. The van der Waals surface area contributed by atoms with Crippen LogP contribution in [0.5, 0.6) is 0 Å². The zero-order valence-corrected chi connectivity index (χ0v) is 13.4. The highest BCUT2D eigenvalue weighted by molar-refractivity contribution is 6.31. The molecule has 1 aliphatic rings. The van der Waals surface area contributed by atoms with Crippen LogP contribution in [-0.4, -0.2) is 48.4 Å². The molecule has 0 N–H and O–H groups in total. The quantitative estimate of drug-likeness (QED) is 0.800. The molecular formula is C15H20Cl2N2O. The number of carbonyl (C=O) groups is 1. The first-order valence-corrected chi connectivity index (χ1v) is 7.67. The van der Waals surface area contributed by atoms with Crippen LogP contribution in [0.2, 0.25) is 5.02 Å². The number of aryl methyl sites for hydroxylation is 1. The third-order valence-corrected chi connectivity index (χ3v) is 4.59. The second kappa shape index (κ2) is 6.79. The van der Waals surface area contributed by atoms with Gasteiger partial charge in [0.15, 0.2) is 0 Å². The number of piperazine rings is 1. The highest BCUT2D eigenvalue weighted by Gasteiger charge is 2.21. The topological polar surface area (TPSA) is 23.6 Å². The summed E-state index contributed by atoms with van der Waals surface area (Å²) in [5.74, 6) is 0.153. The first-order valence-electron chi connectivity index (χ1n) is 6.85. The Morgan fingerprint density at radius 3 is 2.50 bits per heavy atom. The van der Waals surface area contributed by atoms with E-state index in [9.17, 15) is 4.79 Å². The second-order valence-electron chi connectivity index (χ2n) is 5.28. The van der Waals surface area contributed by atoms with Crippen molar-refractivity contribution < 1.29 is 4.79 Å². The van der Waals surface area contributed by atoms with Crippen LogP contribution in [-0.2, 0) is 4.79 Å². The summed E-state index contributed by atoms with van der Waals surface area (Å²) < 4.78 is 0. The first kappa shape index (κ1) is 15.6. The number of carbonyl (C=O) groups excluding carboxylic acids is 1. The number of halogens is 2. The molecule has 1 aromatic carbocycles. The minimum Gasteiger partial charge on any atom is -0.340 e. The Balaban J connectivity index is 1.90. The Bertz CT molecular complexity index is 485. The highest BCUT2D eigenvalue weighted by Crippen LogP contribution is 2.26. The minimum absolute atomic E-state index is 0.0464. The fourth-order valence-corrected chi connectivity index (χ4v) is 2.89. The normalized spacial score (nSPS) is 18.1. The second-order valence-corrected chi connectivity index (χ2v) is 6.22. The number of nitrogens with zero attached hydrogens (tertiary/aromatic N) is 2. The maximum atomic E-state index is 11.3. The zero-order valence-electron chi connectivity index (χ0n) is 11.9. The Hall–Kier alpha value is -0.770. The molecule has 5 heteroatoms. The molecule has 110 valence electrons. The van der Waals surface area contributed by atoms with Gasteiger partial charge in [-0.05, 0) is 24.1 Å². The average Bonchev–Trinajstić information content (AvgIpc) is 2.42. The smallest absolute Gasteiger partial charge is 0.219 e. The molecule has 0 aromatic heterocycles. The van der Waals surface area contributed by atoms with E-state index in [1.165, 1.54) is 0 Å². The summed E-state index contributed by atoms with van der Waals surface area (Å²) in [6, 6.07) is 5.93. The standard InChI is InChI=1S/C15H20Cl2N2O/c1-11-9-13(3-4-14(11)16)15(17)10-18-5-7-19(8-6-18)12(2)20/h3-4,9,15H,5-8,10H2,1-2H3. The van der Waals surface area contributed by atoms with Crippen molar-refractivity contribution in [2.45, 2.75) is 19.2 Å². The lowest BCUT2D eigenvalue weighted by molar-refractivity contribution is -0.130. The number of benzene rings is 1. The van der Waals surface area contributed by atoms with Crippen molar-refractivity contribution in [1.29, 1.82) is 0 Å². The third kappa shape index (κ3) is 3.87. The van der Waals surface area contributed by atoms with E-state index < -0.39 is 0 Å². The summed E-state index contributed by atoms with van der Waals surface area (Å²) in [6.45, 7) is 7.76. The summed E-state index contributed by atoms with van der Waals surface area (Å²) in [4.78, 5) is 15.5. The number of alkyl halides is 1. The SMILES string of the molecule is CC(=O)N1CCN(CC(Cl)c2ccc(Cl)c(C)c2)CC1. The first-order chi connectivity index (χ1) is 9.47. The Morgan fingerprint density at radius 1 is 1.30 bits per heavy atom. The maximum absolute atomic E-state index is 11.3. The largest absolute Gasteiger partial charge is 0.340 e. The van der Waals surface area contributed by atoms with Gasteiger partial charge in [-0.3, -0.25) is 9.69 Å². The molecule has 0 saturated carbocycles. The van der Waals surface area contributed by atoms with E-state index in [-0.39, 0.29) is 11.3 Å². The van der Waals surface area contributed by atoms with Crippen molar-refractivity contribution in [3.05, 3.63) is 34.3 Å². The van der Waals surface area contributed by atoms with Crippen molar-refractivity contribution in [2.75, 3.05) is 32.7 Å². The van der Waals surface area contributed by atoms with Crippen molar-refractivity contribution in [1.82, 2.24) is 9.80 Å². The van der Waals surface area contributed by atoms with Crippen LogP contribution in [0.25, 0.3) is 0 Å². The molecule has 1 saturated heterocycles. The lowest BCUT2D eigenvalue weighted by Gasteiger charge is -2.35. The van der Waals surface area contributed by atoms with Gasteiger partial charge in [0.25, 0.3) is 0 Å². The highest BCUT2D eigenvalue weighted by atomic mass is 35.5. The van der Waals surface area contributed by atoms with E-state index in [4.69, 9.17) is 23.2 Å². The van der Waals surface area contributed by atoms with Crippen molar-refractivity contribution in [3.63, 3.8) is 0 Å².